The van der Waals surface area contributed by atoms with Gasteiger partial charge in [0.1, 0.15) is 6.61 Å². The molecule has 1 fully saturated rings. The first kappa shape index (κ1) is 17.7. The summed E-state index contributed by atoms with van der Waals surface area (Å²) in [5, 5.41) is 0. The molecule has 0 saturated carbocycles. The molecule has 1 aromatic heterocycles. The number of pyridine rings is 1. The maximum Gasteiger partial charge on any atom is 0.343 e. The molecule has 0 aliphatic carbocycles. The van der Waals surface area contributed by atoms with Crippen molar-refractivity contribution in [1.29, 1.82) is 0 Å². The summed E-state index contributed by atoms with van der Waals surface area (Å²) < 4.78 is 24.8. The van der Waals surface area contributed by atoms with Crippen LogP contribution >= 0.6 is 0 Å². The van der Waals surface area contributed by atoms with Gasteiger partial charge in [-0.05, 0) is 12.5 Å². The third-order valence-corrected chi connectivity index (χ3v) is 5.81. The Morgan fingerprint density at radius 1 is 1.23 bits per heavy atom. The van der Waals surface area contributed by atoms with Crippen molar-refractivity contribution in [1.82, 2.24) is 4.57 Å². The predicted octanol–water partition coefficient (Wildman–Crippen LogP) is 1.79. The molecule has 4 heterocycles. The van der Waals surface area contributed by atoms with Crippen LogP contribution in [0.25, 0.3) is 0 Å². The topological polar surface area (TPSA) is 76.0 Å². The SMILES string of the molecule is CCC1(OC)C(=O)OCc2c1cc1n(c2=O)CCC12OCC(C)(C)CO2. The first-order valence-electron chi connectivity index (χ1n) is 9.06. The van der Waals surface area contributed by atoms with Crippen LogP contribution in [-0.2, 0) is 48.3 Å². The van der Waals surface area contributed by atoms with Crippen molar-refractivity contribution in [3.8, 4) is 0 Å². The van der Waals surface area contributed by atoms with Gasteiger partial charge < -0.3 is 23.5 Å². The van der Waals surface area contributed by atoms with Crippen molar-refractivity contribution in [3.63, 3.8) is 0 Å². The Hall–Kier alpha value is -1.70. The quantitative estimate of drug-likeness (QED) is 0.746. The Bertz CT molecular complexity index is 810. The second-order valence-electron chi connectivity index (χ2n) is 8.08. The van der Waals surface area contributed by atoms with Gasteiger partial charge in [-0.25, -0.2) is 4.79 Å². The molecule has 1 unspecified atom stereocenters. The lowest BCUT2D eigenvalue weighted by Gasteiger charge is -2.42. The Kier molecular flexibility index (Phi) is 3.84. The van der Waals surface area contributed by atoms with E-state index >= 15 is 0 Å². The van der Waals surface area contributed by atoms with E-state index in [0.29, 0.717) is 49.4 Å². The number of rotatable bonds is 2. The van der Waals surface area contributed by atoms with Gasteiger partial charge in [-0.3, -0.25) is 4.79 Å². The van der Waals surface area contributed by atoms with Crippen molar-refractivity contribution in [2.24, 2.45) is 5.41 Å². The number of fused-ring (bicyclic) bond motifs is 3. The summed E-state index contributed by atoms with van der Waals surface area (Å²) in [5.41, 5.74) is 0.227. The van der Waals surface area contributed by atoms with Crippen LogP contribution in [0.5, 0.6) is 0 Å². The van der Waals surface area contributed by atoms with Crippen LogP contribution in [-0.4, -0.2) is 30.9 Å². The molecule has 1 spiro atoms. The average molecular weight is 363 g/mol. The van der Waals surface area contributed by atoms with Crippen molar-refractivity contribution in [3.05, 3.63) is 33.2 Å². The van der Waals surface area contributed by atoms with E-state index in [1.807, 2.05) is 13.0 Å². The lowest BCUT2D eigenvalue weighted by Crippen LogP contribution is -2.48. The standard InChI is InChI=1S/C19H25NO6/c1-5-18(23-4)13-8-14-19(25-10-17(2,3)11-26-19)6-7-20(14)15(21)12(13)9-24-16(18)22/h8H,5-7,9-11H2,1-4H3. The van der Waals surface area contributed by atoms with Crippen molar-refractivity contribution >= 4 is 5.97 Å². The van der Waals surface area contributed by atoms with Crippen molar-refractivity contribution < 1.29 is 23.7 Å². The number of nitrogens with zero attached hydrogens (tertiary/aromatic N) is 1. The number of esters is 1. The molecule has 0 bridgehead atoms. The molecule has 26 heavy (non-hydrogen) atoms. The molecule has 0 N–H and O–H groups in total. The molecular formula is C19H25NO6. The molecule has 1 aromatic rings. The fourth-order valence-electron chi connectivity index (χ4n) is 4.15. The molecule has 0 aromatic carbocycles. The summed E-state index contributed by atoms with van der Waals surface area (Å²) in [4.78, 5) is 25.6. The van der Waals surface area contributed by atoms with E-state index in [0.717, 1.165) is 0 Å². The molecule has 0 radical (unpaired) electrons. The number of carbonyl (C=O) groups is 1. The van der Waals surface area contributed by atoms with Gasteiger partial charge in [-0.1, -0.05) is 20.8 Å². The van der Waals surface area contributed by atoms with E-state index in [4.69, 9.17) is 18.9 Å². The summed E-state index contributed by atoms with van der Waals surface area (Å²) in [6.45, 7) is 7.58. The number of ether oxygens (including phenoxy) is 4. The lowest BCUT2D eigenvalue weighted by atomic mass is 9.85. The summed E-state index contributed by atoms with van der Waals surface area (Å²) in [7, 11) is 1.47. The van der Waals surface area contributed by atoms with Crippen LogP contribution in [0.4, 0.5) is 0 Å². The van der Waals surface area contributed by atoms with Crippen LogP contribution < -0.4 is 5.56 Å². The van der Waals surface area contributed by atoms with Crippen LogP contribution in [0.2, 0.25) is 0 Å². The number of hydrogen-bond acceptors (Lipinski definition) is 6. The van der Waals surface area contributed by atoms with Gasteiger partial charge in [-0.15, -0.1) is 0 Å². The fourth-order valence-corrected chi connectivity index (χ4v) is 4.15. The Balaban J connectivity index is 1.89. The third-order valence-electron chi connectivity index (χ3n) is 5.81. The first-order valence-corrected chi connectivity index (χ1v) is 9.06. The zero-order chi connectivity index (χ0) is 18.7. The minimum atomic E-state index is -1.26. The predicted molar refractivity (Wildman–Crippen MR) is 91.5 cm³/mol. The van der Waals surface area contributed by atoms with Crippen LogP contribution in [0.15, 0.2) is 10.9 Å². The van der Waals surface area contributed by atoms with Gasteiger partial charge in [0.05, 0.1) is 24.5 Å². The lowest BCUT2D eigenvalue weighted by molar-refractivity contribution is -0.306. The number of methoxy groups -OCH3 is 1. The molecule has 1 atom stereocenters. The molecule has 7 heteroatoms. The van der Waals surface area contributed by atoms with E-state index in [2.05, 4.69) is 13.8 Å². The highest BCUT2D eigenvalue weighted by atomic mass is 16.7. The van der Waals surface area contributed by atoms with E-state index in [1.165, 1.54) is 7.11 Å². The number of hydrogen-bond donors (Lipinski definition) is 0. The monoisotopic (exact) mass is 363 g/mol. The second kappa shape index (κ2) is 5.65. The van der Waals surface area contributed by atoms with Crippen molar-refractivity contribution in [2.75, 3.05) is 20.3 Å². The van der Waals surface area contributed by atoms with Gasteiger partial charge in [0.15, 0.2) is 5.60 Å². The summed E-state index contributed by atoms with van der Waals surface area (Å²) in [6, 6.07) is 1.86. The highest BCUT2D eigenvalue weighted by Crippen LogP contribution is 2.45. The molecule has 1 saturated heterocycles. The van der Waals surface area contributed by atoms with E-state index in [9.17, 15) is 9.59 Å². The zero-order valence-corrected chi connectivity index (χ0v) is 15.7. The minimum Gasteiger partial charge on any atom is -0.458 e. The number of aromatic nitrogens is 1. The van der Waals surface area contributed by atoms with Gasteiger partial charge in [0.2, 0.25) is 5.79 Å². The van der Waals surface area contributed by atoms with Gasteiger partial charge >= 0.3 is 5.97 Å². The van der Waals surface area contributed by atoms with E-state index in [1.54, 1.807) is 4.57 Å². The normalized spacial score (nSPS) is 28.5. The number of carbonyl (C=O) groups excluding carboxylic acids is 1. The molecule has 0 amide bonds. The maximum atomic E-state index is 13.1. The molecule has 7 nitrogen and oxygen atoms in total. The van der Waals surface area contributed by atoms with Crippen molar-refractivity contribution in [2.45, 2.75) is 58.2 Å². The molecule has 142 valence electrons. The van der Waals surface area contributed by atoms with E-state index < -0.39 is 17.4 Å². The zero-order valence-electron chi connectivity index (χ0n) is 15.7. The molecule has 4 rings (SSSR count). The largest absolute Gasteiger partial charge is 0.458 e. The van der Waals surface area contributed by atoms with E-state index in [-0.39, 0.29) is 17.6 Å². The Morgan fingerprint density at radius 3 is 2.54 bits per heavy atom. The van der Waals surface area contributed by atoms with Crippen LogP contribution in [0, 0.1) is 5.41 Å². The molecule has 3 aliphatic heterocycles. The highest BCUT2D eigenvalue weighted by molar-refractivity contribution is 5.83. The number of cyclic esters (lactones) is 1. The summed E-state index contributed by atoms with van der Waals surface area (Å²) in [6.07, 6.45) is 0.947. The summed E-state index contributed by atoms with van der Waals surface area (Å²) >= 11 is 0. The minimum absolute atomic E-state index is 0.0276. The van der Waals surface area contributed by atoms with Gasteiger partial charge in [-0.2, -0.15) is 0 Å². The Morgan fingerprint density at radius 2 is 1.92 bits per heavy atom. The maximum absolute atomic E-state index is 13.1. The average Bonchev–Trinajstić information content (AvgIpc) is 2.98. The Labute approximate surface area is 152 Å². The first-order chi connectivity index (χ1) is 12.3. The van der Waals surface area contributed by atoms with Gasteiger partial charge in [0.25, 0.3) is 5.56 Å². The highest BCUT2D eigenvalue weighted by Gasteiger charge is 2.52. The molecule has 3 aliphatic rings. The smallest absolute Gasteiger partial charge is 0.343 e. The van der Waals surface area contributed by atoms with Crippen LogP contribution in [0.3, 0.4) is 0 Å². The second-order valence-corrected chi connectivity index (χ2v) is 8.08. The summed E-state index contributed by atoms with van der Waals surface area (Å²) in [5.74, 6) is -1.39. The van der Waals surface area contributed by atoms with Gasteiger partial charge in [0, 0.05) is 31.1 Å². The molecular weight excluding hydrogens is 338 g/mol. The van der Waals surface area contributed by atoms with Crippen LogP contribution in [0.1, 0.15) is 50.4 Å². The fraction of sp³-hybridized carbons (Fsp3) is 0.684. The third kappa shape index (κ3) is 2.23.